The zero-order chi connectivity index (χ0) is 23.4. The number of aromatic nitrogens is 1. The van der Waals surface area contributed by atoms with Crippen molar-refractivity contribution in [3.63, 3.8) is 0 Å². The van der Waals surface area contributed by atoms with Crippen LogP contribution < -0.4 is 10.2 Å². The van der Waals surface area contributed by atoms with Gasteiger partial charge in [-0.1, -0.05) is 6.07 Å². The smallest absolute Gasteiger partial charge is 0.338 e. The maximum Gasteiger partial charge on any atom is 0.338 e. The van der Waals surface area contributed by atoms with Gasteiger partial charge in [0.15, 0.2) is 0 Å². The Balaban J connectivity index is 1.46. The number of hydrogen-bond donors (Lipinski definition) is 1. The third-order valence-corrected chi connectivity index (χ3v) is 5.75. The average molecular weight is 446 g/mol. The fraction of sp³-hybridized carbons (Fsp3) is 0.280. The van der Waals surface area contributed by atoms with Crippen LogP contribution in [0, 0.1) is 23.1 Å². The van der Waals surface area contributed by atoms with E-state index in [1.54, 1.807) is 37.3 Å². The molecule has 0 bridgehead atoms. The predicted molar refractivity (Wildman–Crippen MR) is 122 cm³/mol. The highest BCUT2D eigenvalue weighted by atomic mass is 19.1. The minimum atomic E-state index is -0.434. The number of esters is 1. The Morgan fingerprint density at radius 1 is 1.24 bits per heavy atom. The quantitative estimate of drug-likeness (QED) is 0.588. The molecular weight excluding hydrogens is 423 g/mol. The van der Waals surface area contributed by atoms with Crippen LogP contribution in [-0.2, 0) is 9.53 Å². The molecule has 0 saturated carbocycles. The van der Waals surface area contributed by atoms with E-state index in [0.29, 0.717) is 59.3 Å². The number of ether oxygens (including phenoxy) is 1. The lowest BCUT2D eigenvalue weighted by molar-refractivity contribution is -0.120. The van der Waals surface area contributed by atoms with Crippen molar-refractivity contribution in [3.8, 4) is 6.07 Å². The zero-order valence-corrected chi connectivity index (χ0v) is 18.2. The molecule has 1 N–H and O–H groups in total. The van der Waals surface area contributed by atoms with Gasteiger partial charge in [0.2, 0.25) is 5.91 Å². The number of nitrogens with one attached hydrogen (secondary N) is 1. The standard InChI is InChI=1S/C25H23FN4O3/c1-2-33-25(32)17-4-3-5-20(12-17)29-24(31)16-8-10-30(11-9-16)23-18(14-27)15-28-22-7-6-19(26)13-21(22)23/h3-7,12-13,15-16H,2,8-11H2,1H3,(H,29,31). The van der Waals surface area contributed by atoms with Crippen LogP contribution in [0.2, 0.25) is 0 Å². The van der Waals surface area contributed by atoms with E-state index >= 15 is 0 Å². The van der Waals surface area contributed by atoms with Crippen molar-refractivity contribution in [3.05, 3.63) is 65.6 Å². The molecule has 8 heteroatoms. The maximum absolute atomic E-state index is 13.9. The van der Waals surface area contributed by atoms with Crippen molar-refractivity contribution in [1.29, 1.82) is 5.26 Å². The Morgan fingerprint density at radius 2 is 2.03 bits per heavy atom. The van der Waals surface area contributed by atoms with Crippen molar-refractivity contribution >= 4 is 34.2 Å². The molecule has 2 aromatic carbocycles. The molecular formula is C25H23FN4O3. The molecule has 1 aliphatic rings. The Labute approximate surface area is 190 Å². The molecule has 1 fully saturated rings. The molecule has 33 heavy (non-hydrogen) atoms. The van der Waals surface area contributed by atoms with Gasteiger partial charge in [-0.15, -0.1) is 0 Å². The predicted octanol–water partition coefficient (Wildman–Crippen LogP) is 4.28. The molecule has 0 unspecified atom stereocenters. The van der Waals surface area contributed by atoms with Gasteiger partial charge in [0.05, 0.1) is 28.9 Å². The van der Waals surface area contributed by atoms with Crippen LogP contribution in [-0.4, -0.2) is 36.6 Å². The van der Waals surface area contributed by atoms with E-state index in [1.807, 2.05) is 4.90 Å². The number of halogens is 1. The Kier molecular flexibility index (Phi) is 6.50. The van der Waals surface area contributed by atoms with Crippen molar-refractivity contribution in [2.75, 3.05) is 29.9 Å². The highest BCUT2D eigenvalue weighted by Gasteiger charge is 2.27. The third-order valence-electron chi connectivity index (χ3n) is 5.75. The van der Waals surface area contributed by atoms with Gasteiger partial charge in [-0.25, -0.2) is 9.18 Å². The van der Waals surface area contributed by atoms with Gasteiger partial charge >= 0.3 is 5.97 Å². The molecule has 0 spiro atoms. The number of fused-ring (bicyclic) bond motifs is 1. The highest BCUT2D eigenvalue weighted by molar-refractivity contribution is 5.96. The summed E-state index contributed by atoms with van der Waals surface area (Å²) >= 11 is 0. The summed E-state index contributed by atoms with van der Waals surface area (Å²) in [5.41, 5.74) is 2.57. The van der Waals surface area contributed by atoms with Crippen LogP contribution in [0.1, 0.15) is 35.7 Å². The molecule has 0 atom stereocenters. The minimum Gasteiger partial charge on any atom is -0.462 e. The van der Waals surface area contributed by atoms with Gasteiger partial charge in [-0.2, -0.15) is 5.26 Å². The number of anilines is 2. The largest absolute Gasteiger partial charge is 0.462 e. The summed E-state index contributed by atoms with van der Waals surface area (Å²) in [4.78, 5) is 31.0. The minimum absolute atomic E-state index is 0.123. The van der Waals surface area contributed by atoms with E-state index in [0.717, 1.165) is 0 Å². The normalized spacial score (nSPS) is 14.0. The fourth-order valence-electron chi connectivity index (χ4n) is 4.12. The van der Waals surface area contributed by atoms with E-state index < -0.39 is 5.97 Å². The van der Waals surface area contributed by atoms with Crippen LogP contribution >= 0.6 is 0 Å². The zero-order valence-electron chi connectivity index (χ0n) is 18.2. The molecule has 1 amide bonds. The number of carbonyl (C=O) groups excluding carboxylic acids is 2. The maximum atomic E-state index is 13.9. The number of carbonyl (C=O) groups is 2. The number of pyridine rings is 1. The molecule has 1 saturated heterocycles. The lowest BCUT2D eigenvalue weighted by Crippen LogP contribution is -2.38. The van der Waals surface area contributed by atoms with Gasteiger partial charge in [0, 0.05) is 36.3 Å². The number of rotatable bonds is 5. The van der Waals surface area contributed by atoms with Crippen LogP contribution in [0.15, 0.2) is 48.7 Å². The average Bonchev–Trinajstić information content (AvgIpc) is 2.83. The second-order valence-corrected chi connectivity index (χ2v) is 7.85. The van der Waals surface area contributed by atoms with E-state index in [9.17, 15) is 19.2 Å². The second-order valence-electron chi connectivity index (χ2n) is 7.85. The van der Waals surface area contributed by atoms with Crippen molar-refractivity contribution in [2.45, 2.75) is 19.8 Å². The monoisotopic (exact) mass is 446 g/mol. The van der Waals surface area contributed by atoms with Gasteiger partial charge in [-0.3, -0.25) is 9.78 Å². The second kappa shape index (κ2) is 9.65. The van der Waals surface area contributed by atoms with Gasteiger partial charge in [0.1, 0.15) is 11.9 Å². The Morgan fingerprint density at radius 3 is 2.76 bits per heavy atom. The first-order chi connectivity index (χ1) is 16.0. The summed E-state index contributed by atoms with van der Waals surface area (Å²) in [6.07, 6.45) is 2.66. The summed E-state index contributed by atoms with van der Waals surface area (Å²) in [5.74, 6) is -1.17. The van der Waals surface area contributed by atoms with Crippen molar-refractivity contribution < 1.29 is 18.7 Å². The molecule has 3 aromatic rings. The third kappa shape index (κ3) is 4.77. The van der Waals surface area contributed by atoms with Crippen LogP contribution in [0.3, 0.4) is 0 Å². The summed E-state index contributed by atoms with van der Waals surface area (Å²) < 4.78 is 18.9. The summed E-state index contributed by atoms with van der Waals surface area (Å²) in [6.45, 7) is 3.11. The lowest BCUT2D eigenvalue weighted by Gasteiger charge is -2.34. The Hall–Kier alpha value is -3.99. The van der Waals surface area contributed by atoms with Gasteiger partial charge in [0.25, 0.3) is 0 Å². The van der Waals surface area contributed by atoms with Gasteiger partial charge < -0.3 is 15.0 Å². The van der Waals surface area contributed by atoms with E-state index in [-0.39, 0.29) is 24.2 Å². The van der Waals surface area contributed by atoms with Crippen molar-refractivity contribution in [2.24, 2.45) is 5.92 Å². The summed E-state index contributed by atoms with van der Waals surface area (Å²) in [5, 5.41) is 13.0. The summed E-state index contributed by atoms with van der Waals surface area (Å²) in [7, 11) is 0. The van der Waals surface area contributed by atoms with E-state index in [2.05, 4.69) is 16.4 Å². The SMILES string of the molecule is CCOC(=O)c1cccc(NC(=O)C2CCN(c3c(C#N)cnc4ccc(F)cc34)CC2)c1. The number of nitriles is 1. The molecule has 2 heterocycles. The fourth-order valence-corrected chi connectivity index (χ4v) is 4.12. The molecule has 7 nitrogen and oxygen atoms in total. The Bertz CT molecular complexity index is 1250. The number of nitrogens with zero attached hydrogens (tertiary/aromatic N) is 3. The number of piperidine rings is 1. The van der Waals surface area contributed by atoms with E-state index in [4.69, 9.17) is 4.74 Å². The first-order valence-electron chi connectivity index (χ1n) is 10.8. The van der Waals surface area contributed by atoms with Crippen LogP contribution in [0.4, 0.5) is 15.8 Å². The molecule has 1 aromatic heterocycles. The first-order valence-corrected chi connectivity index (χ1v) is 10.8. The number of hydrogen-bond acceptors (Lipinski definition) is 6. The molecule has 1 aliphatic heterocycles. The molecule has 0 aliphatic carbocycles. The van der Waals surface area contributed by atoms with Crippen molar-refractivity contribution in [1.82, 2.24) is 4.98 Å². The topological polar surface area (TPSA) is 95.3 Å². The highest BCUT2D eigenvalue weighted by Crippen LogP contribution is 2.33. The van der Waals surface area contributed by atoms with Crippen LogP contribution in [0.25, 0.3) is 10.9 Å². The van der Waals surface area contributed by atoms with Crippen LogP contribution in [0.5, 0.6) is 0 Å². The number of amides is 1. The van der Waals surface area contributed by atoms with E-state index in [1.165, 1.54) is 18.3 Å². The number of benzene rings is 2. The summed E-state index contributed by atoms with van der Waals surface area (Å²) in [6, 6.07) is 13.2. The lowest BCUT2D eigenvalue weighted by atomic mass is 9.94. The molecule has 4 rings (SSSR count). The molecule has 0 radical (unpaired) electrons. The molecule has 168 valence electrons. The first kappa shape index (κ1) is 22.2. The van der Waals surface area contributed by atoms with Gasteiger partial charge in [-0.05, 0) is 56.2 Å².